The molecule has 0 atom stereocenters. The Morgan fingerprint density at radius 1 is 1.17 bits per heavy atom. The van der Waals surface area contributed by atoms with E-state index in [-0.39, 0.29) is 5.78 Å². The molecule has 0 N–H and O–H groups in total. The van der Waals surface area contributed by atoms with Crippen LogP contribution in [-0.4, -0.2) is 5.78 Å². The van der Waals surface area contributed by atoms with E-state index >= 15 is 0 Å². The summed E-state index contributed by atoms with van der Waals surface area (Å²) >= 11 is 1.20. The molecule has 0 amide bonds. The third-order valence-electron chi connectivity index (χ3n) is 2.43. The number of ketones is 1. The van der Waals surface area contributed by atoms with Crippen LogP contribution in [0.1, 0.15) is 22.2 Å². The number of alkyl halides is 3. The number of hydrogen-bond donors (Lipinski definition) is 0. The van der Waals surface area contributed by atoms with Gasteiger partial charge in [0.2, 0.25) is 0 Å². The second-order valence-electron chi connectivity index (χ2n) is 3.80. The van der Waals surface area contributed by atoms with Crippen molar-refractivity contribution in [3.8, 4) is 10.4 Å². The fourth-order valence-corrected chi connectivity index (χ4v) is 2.43. The Labute approximate surface area is 106 Å². The van der Waals surface area contributed by atoms with Crippen LogP contribution in [0.15, 0.2) is 36.4 Å². The first kappa shape index (κ1) is 12.8. The van der Waals surface area contributed by atoms with Crippen molar-refractivity contribution in [1.29, 1.82) is 0 Å². The molecular formula is C13H9F3OS. The first-order valence-corrected chi connectivity index (χ1v) is 5.98. The van der Waals surface area contributed by atoms with E-state index in [0.29, 0.717) is 15.3 Å². The Morgan fingerprint density at radius 3 is 2.44 bits per heavy atom. The summed E-state index contributed by atoms with van der Waals surface area (Å²) in [6, 6.07) is 8.38. The molecule has 0 aliphatic rings. The third-order valence-corrected chi connectivity index (χ3v) is 3.66. The summed E-state index contributed by atoms with van der Waals surface area (Å²) in [5, 5.41) is 0. The molecule has 0 radical (unpaired) electrons. The summed E-state index contributed by atoms with van der Waals surface area (Å²) in [6.45, 7) is 1.43. The van der Waals surface area contributed by atoms with Crippen molar-refractivity contribution in [2.75, 3.05) is 0 Å². The van der Waals surface area contributed by atoms with Crippen LogP contribution in [0.5, 0.6) is 0 Å². The molecule has 0 spiro atoms. The third kappa shape index (κ3) is 2.61. The smallest absolute Gasteiger partial charge is 0.294 e. The lowest BCUT2D eigenvalue weighted by molar-refractivity contribution is -0.137. The minimum atomic E-state index is -4.35. The molecule has 94 valence electrons. The summed E-state index contributed by atoms with van der Waals surface area (Å²) in [4.78, 5) is 12.3. The van der Waals surface area contributed by atoms with Gasteiger partial charge in [-0.3, -0.25) is 4.79 Å². The van der Waals surface area contributed by atoms with Gasteiger partial charge in [0, 0.05) is 4.88 Å². The van der Waals surface area contributed by atoms with Crippen molar-refractivity contribution < 1.29 is 18.0 Å². The van der Waals surface area contributed by atoms with Crippen molar-refractivity contribution in [1.82, 2.24) is 0 Å². The molecule has 2 aromatic rings. The maximum atomic E-state index is 12.6. The summed E-state index contributed by atoms with van der Waals surface area (Å²) in [5.41, 5.74) is -0.208. The molecule has 0 aliphatic carbocycles. The zero-order valence-electron chi connectivity index (χ0n) is 9.41. The first-order chi connectivity index (χ1) is 8.38. The highest BCUT2D eigenvalue weighted by Gasteiger charge is 2.30. The second kappa shape index (κ2) is 4.57. The highest BCUT2D eigenvalue weighted by Crippen LogP contribution is 2.34. The van der Waals surface area contributed by atoms with Crippen LogP contribution in [-0.2, 0) is 6.18 Å². The predicted molar refractivity (Wildman–Crippen MR) is 64.8 cm³/mol. The fourth-order valence-electron chi connectivity index (χ4n) is 1.53. The molecule has 1 aromatic heterocycles. The summed E-state index contributed by atoms with van der Waals surface area (Å²) in [7, 11) is 0. The van der Waals surface area contributed by atoms with E-state index in [9.17, 15) is 18.0 Å². The lowest BCUT2D eigenvalue weighted by Gasteiger charge is -2.07. The summed E-state index contributed by atoms with van der Waals surface area (Å²) in [5.74, 6) is -0.0850. The van der Waals surface area contributed by atoms with Crippen LogP contribution in [0.4, 0.5) is 13.2 Å². The Kier molecular flexibility index (Phi) is 3.26. The van der Waals surface area contributed by atoms with Gasteiger partial charge in [0.1, 0.15) is 0 Å². The van der Waals surface area contributed by atoms with Gasteiger partial charge in [0.25, 0.3) is 0 Å². The number of halogens is 3. The molecule has 0 aliphatic heterocycles. The normalized spacial score (nSPS) is 11.6. The first-order valence-electron chi connectivity index (χ1n) is 5.16. The molecule has 1 aromatic carbocycles. The monoisotopic (exact) mass is 270 g/mol. The number of thiophene rings is 1. The van der Waals surface area contributed by atoms with Crippen LogP contribution in [0.25, 0.3) is 10.4 Å². The Bertz CT molecular complexity index is 584. The number of hydrogen-bond acceptors (Lipinski definition) is 2. The van der Waals surface area contributed by atoms with Gasteiger partial charge in [-0.1, -0.05) is 12.1 Å². The SMILES string of the molecule is CC(=O)c1ccc(-c2cccc(C(F)(F)F)c2)s1. The van der Waals surface area contributed by atoms with Gasteiger partial charge in [-0.25, -0.2) is 0 Å². The molecule has 18 heavy (non-hydrogen) atoms. The molecule has 1 nitrogen and oxygen atoms in total. The second-order valence-corrected chi connectivity index (χ2v) is 4.88. The van der Waals surface area contributed by atoms with E-state index < -0.39 is 11.7 Å². The number of carbonyl (C=O) groups is 1. The highest BCUT2D eigenvalue weighted by molar-refractivity contribution is 7.17. The van der Waals surface area contributed by atoms with E-state index in [1.807, 2.05) is 0 Å². The van der Waals surface area contributed by atoms with Gasteiger partial charge in [0.15, 0.2) is 5.78 Å². The molecule has 2 rings (SSSR count). The van der Waals surface area contributed by atoms with Crippen molar-refractivity contribution in [2.24, 2.45) is 0 Å². The van der Waals surface area contributed by atoms with Crippen LogP contribution < -0.4 is 0 Å². The maximum Gasteiger partial charge on any atom is 0.416 e. The van der Waals surface area contributed by atoms with Gasteiger partial charge in [-0.15, -0.1) is 11.3 Å². The van der Waals surface area contributed by atoms with Crippen LogP contribution in [0.3, 0.4) is 0 Å². The van der Waals surface area contributed by atoms with Crippen LogP contribution in [0, 0.1) is 0 Å². The lowest BCUT2D eigenvalue weighted by atomic mass is 10.1. The molecular weight excluding hydrogens is 261 g/mol. The van der Waals surface area contributed by atoms with E-state index in [0.717, 1.165) is 12.1 Å². The zero-order chi connectivity index (χ0) is 13.3. The molecule has 5 heteroatoms. The molecule has 0 saturated carbocycles. The molecule has 0 bridgehead atoms. The van der Waals surface area contributed by atoms with E-state index in [2.05, 4.69) is 0 Å². The van der Waals surface area contributed by atoms with Crippen molar-refractivity contribution in [3.05, 3.63) is 46.8 Å². The average molecular weight is 270 g/mol. The number of rotatable bonds is 2. The van der Waals surface area contributed by atoms with Crippen LogP contribution >= 0.6 is 11.3 Å². The van der Waals surface area contributed by atoms with E-state index in [1.54, 1.807) is 18.2 Å². The van der Waals surface area contributed by atoms with Crippen molar-refractivity contribution >= 4 is 17.1 Å². The van der Waals surface area contributed by atoms with E-state index in [4.69, 9.17) is 0 Å². The fraction of sp³-hybridized carbons (Fsp3) is 0.154. The van der Waals surface area contributed by atoms with Gasteiger partial charge in [-0.05, 0) is 36.8 Å². The Morgan fingerprint density at radius 2 is 1.89 bits per heavy atom. The molecule has 0 fully saturated rings. The standard InChI is InChI=1S/C13H9F3OS/c1-8(17)11-5-6-12(18-11)9-3-2-4-10(7-9)13(14,15)16/h2-7H,1H3. The van der Waals surface area contributed by atoms with Gasteiger partial charge >= 0.3 is 6.18 Å². The topological polar surface area (TPSA) is 17.1 Å². The largest absolute Gasteiger partial charge is 0.416 e. The molecule has 1 heterocycles. The molecule has 0 saturated heterocycles. The van der Waals surface area contributed by atoms with Gasteiger partial charge in [-0.2, -0.15) is 13.2 Å². The van der Waals surface area contributed by atoms with Crippen molar-refractivity contribution in [2.45, 2.75) is 13.1 Å². The maximum absolute atomic E-state index is 12.6. The minimum absolute atomic E-state index is 0.0850. The quantitative estimate of drug-likeness (QED) is 0.727. The van der Waals surface area contributed by atoms with Crippen molar-refractivity contribution in [3.63, 3.8) is 0 Å². The zero-order valence-corrected chi connectivity index (χ0v) is 10.2. The highest BCUT2D eigenvalue weighted by atomic mass is 32.1. The Balaban J connectivity index is 2.41. The van der Waals surface area contributed by atoms with Gasteiger partial charge in [0.05, 0.1) is 10.4 Å². The predicted octanol–water partition coefficient (Wildman–Crippen LogP) is 4.64. The summed E-state index contributed by atoms with van der Waals surface area (Å²) < 4.78 is 37.7. The Hall–Kier alpha value is -1.62. The minimum Gasteiger partial charge on any atom is -0.294 e. The molecule has 0 unspecified atom stereocenters. The van der Waals surface area contributed by atoms with Gasteiger partial charge < -0.3 is 0 Å². The van der Waals surface area contributed by atoms with E-state index in [1.165, 1.54) is 24.3 Å². The summed E-state index contributed by atoms with van der Waals surface area (Å²) in [6.07, 6.45) is -4.35. The number of Topliss-reactive ketones (excluding diaryl/α,β-unsaturated/α-hetero) is 1. The number of benzene rings is 1. The van der Waals surface area contributed by atoms with Crippen LogP contribution in [0.2, 0.25) is 0 Å². The number of carbonyl (C=O) groups excluding carboxylic acids is 1. The average Bonchev–Trinajstić information content (AvgIpc) is 2.77. The lowest BCUT2D eigenvalue weighted by Crippen LogP contribution is -2.04.